The van der Waals surface area contributed by atoms with Crippen molar-refractivity contribution < 1.29 is 23.9 Å². The van der Waals surface area contributed by atoms with Crippen LogP contribution in [0.15, 0.2) is 17.6 Å². The second kappa shape index (κ2) is 7.79. The molecule has 0 aliphatic rings. The van der Waals surface area contributed by atoms with E-state index < -0.39 is 17.8 Å². The highest BCUT2D eigenvalue weighted by molar-refractivity contribution is 7.14. The molecule has 25 heavy (non-hydrogen) atoms. The number of methoxy groups -OCH3 is 2. The number of carbonyl (C=O) groups is 3. The summed E-state index contributed by atoms with van der Waals surface area (Å²) in [6.07, 6.45) is 1.52. The zero-order valence-electron chi connectivity index (χ0n) is 14.2. The van der Waals surface area contributed by atoms with Gasteiger partial charge in [-0.3, -0.25) is 14.3 Å². The van der Waals surface area contributed by atoms with Gasteiger partial charge in [0.05, 0.1) is 26.3 Å². The first-order chi connectivity index (χ1) is 11.9. The molecule has 2 aromatic heterocycles. The summed E-state index contributed by atoms with van der Waals surface area (Å²) in [5.41, 5.74) is 0.524. The van der Waals surface area contributed by atoms with Crippen molar-refractivity contribution in [2.75, 3.05) is 33.1 Å². The van der Waals surface area contributed by atoms with Crippen molar-refractivity contribution in [3.05, 3.63) is 28.8 Å². The number of nitrogens with one attached hydrogen (secondary N) is 1. The predicted molar refractivity (Wildman–Crippen MR) is 91.0 cm³/mol. The molecule has 2 heterocycles. The predicted octanol–water partition coefficient (Wildman–Crippen LogP) is 0.988. The summed E-state index contributed by atoms with van der Waals surface area (Å²) in [7, 11) is 5.83. The lowest BCUT2D eigenvalue weighted by molar-refractivity contribution is -0.116. The van der Waals surface area contributed by atoms with Gasteiger partial charge in [0, 0.05) is 20.3 Å². The molecule has 0 saturated carbocycles. The fraction of sp³-hybridized carbons (Fsp3) is 0.333. The Hall–Kier alpha value is -2.88. The lowest BCUT2D eigenvalue weighted by Crippen LogP contribution is -2.35. The van der Waals surface area contributed by atoms with Gasteiger partial charge in [-0.1, -0.05) is 0 Å². The third-order valence-corrected chi connectivity index (χ3v) is 4.10. The van der Waals surface area contributed by atoms with E-state index in [1.807, 2.05) is 0 Å². The first-order valence-corrected chi connectivity index (χ1v) is 8.04. The van der Waals surface area contributed by atoms with Crippen molar-refractivity contribution in [3.63, 3.8) is 0 Å². The molecule has 9 nitrogen and oxygen atoms in total. The Morgan fingerprint density at radius 2 is 2.04 bits per heavy atom. The molecule has 2 rings (SSSR count). The summed E-state index contributed by atoms with van der Waals surface area (Å²) in [6, 6.07) is 1.56. The molecule has 2 amide bonds. The van der Waals surface area contributed by atoms with Crippen LogP contribution in [0.25, 0.3) is 0 Å². The number of amides is 2. The van der Waals surface area contributed by atoms with Crippen LogP contribution < -0.4 is 10.1 Å². The summed E-state index contributed by atoms with van der Waals surface area (Å²) in [4.78, 5) is 37.5. The molecule has 0 aliphatic carbocycles. The van der Waals surface area contributed by atoms with Gasteiger partial charge in [-0.05, 0) is 11.4 Å². The first-order valence-electron chi connectivity index (χ1n) is 7.16. The fourth-order valence-electron chi connectivity index (χ4n) is 2.10. The SMILES string of the molecule is COC(=O)c1ccsc1NC(=O)CN(C)C(=O)c1cn(C)nc1OC. The lowest BCUT2D eigenvalue weighted by Gasteiger charge is -2.16. The molecule has 0 saturated heterocycles. The Kier molecular flexibility index (Phi) is 5.75. The average molecular weight is 366 g/mol. The maximum Gasteiger partial charge on any atom is 0.340 e. The van der Waals surface area contributed by atoms with E-state index in [9.17, 15) is 14.4 Å². The maximum atomic E-state index is 12.4. The number of nitrogens with zero attached hydrogens (tertiary/aromatic N) is 3. The minimum absolute atomic E-state index is 0.186. The molecule has 0 spiro atoms. The maximum absolute atomic E-state index is 12.4. The van der Waals surface area contributed by atoms with Crippen LogP contribution in [0, 0.1) is 0 Å². The highest BCUT2D eigenvalue weighted by Crippen LogP contribution is 2.24. The molecule has 0 aliphatic heterocycles. The molecular formula is C15H18N4O5S. The number of thiophene rings is 1. The van der Waals surface area contributed by atoms with Gasteiger partial charge in [-0.25, -0.2) is 4.79 Å². The highest BCUT2D eigenvalue weighted by atomic mass is 32.1. The van der Waals surface area contributed by atoms with E-state index in [1.165, 1.54) is 48.4 Å². The monoisotopic (exact) mass is 366 g/mol. The van der Waals surface area contributed by atoms with Crippen LogP contribution >= 0.6 is 11.3 Å². The van der Waals surface area contributed by atoms with Crippen molar-refractivity contribution >= 4 is 34.1 Å². The summed E-state index contributed by atoms with van der Waals surface area (Å²) < 4.78 is 11.2. The van der Waals surface area contributed by atoms with E-state index in [2.05, 4.69) is 15.2 Å². The van der Waals surface area contributed by atoms with Crippen LogP contribution in [0.4, 0.5) is 5.00 Å². The Bertz CT molecular complexity index is 798. The molecule has 0 atom stereocenters. The quantitative estimate of drug-likeness (QED) is 0.765. The van der Waals surface area contributed by atoms with E-state index in [1.54, 1.807) is 18.5 Å². The molecule has 0 aromatic carbocycles. The van der Waals surface area contributed by atoms with Crippen LogP contribution in [-0.2, 0) is 16.6 Å². The molecule has 0 radical (unpaired) electrons. The molecular weight excluding hydrogens is 348 g/mol. The number of rotatable bonds is 6. The molecule has 134 valence electrons. The van der Waals surface area contributed by atoms with Gasteiger partial charge in [0.25, 0.3) is 5.91 Å². The van der Waals surface area contributed by atoms with E-state index in [-0.39, 0.29) is 23.6 Å². The van der Waals surface area contributed by atoms with Gasteiger partial charge in [-0.15, -0.1) is 16.4 Å². The van der Waals surface area contributed by atoms with Crippen LogP contribution in [-0.4, -0.2) is 60.3 Å². The van der Waals surface area contributed by atoms with Gasteiger partial charge < -0.3 is 19.7 Å². The zero-order chi connectivity index (χ0) is 18.6. The van der Waals surface area contributed by atoms with Gasteiger partial charge in [-0.2, -0.15) is 0 Å². The first kappa shape index (κ1) is 18.5. The number of hydrogen-bond donors (Lipinski definition) is 1. The highest BCUT2D eigenvalue weighted by Gasteiger charge is 2.22. The second-order valence-electron chi connectivity index (χ2n) is 5.09. The molecule has 1 N–H and O–H groups in total. The number of ether oxygens (including phenoxy) is 2. The normalized spacial score (nSPS) is 10.2. The topological polar surface area (TPSA) is 103 Å². The van der Waals surface area contributed by atoms with Crippen LogP contribution in [0.5, 0.6) is 5.88 Å². The Labute approximate surface area is 148 Å². The smallest absolute Gasteiger partial charge is 0.340 e. The summed E-state index contributed by atoms with van der Waals surface area (Å²) >= 11 is 1.19. The standard InChI is InChI=1S/C15H18N4O5S/c1-18(14(21)10-7-19(2)17-12(10)23-3)8-11(20)16-13-9(5-6-25-13)15(22)24-4/h5-7H,8H2,1-4H3,(H,16,20). The Morgan fingerprint density at radius 1 is 1.32 bits per heavy atom. The van der Waals surface area contributed by atoms with Gasteiger partial charge in [0.1, 0.15) is 10.6 Å². The number of anilines is 1. The average Bonchev–Trinajstić information content (AvgIpc) is 3.19. The van der Waals surface area contributed by atoms with E-state index in [0.29, 0.717) is 5.00 Å². The largest absolute Gasteiger partial charge is 0.479 e. The Morgan fingerprint density at radius 3 is 2.68 bits per heavy atom. The van der Waals surface area contributed by atoms with Crippen LogP contribution in [0.3, 0.4) is 0 Å². The fourth-order valence-corrected chi connectivity index (χ4v) is 2.89. The number of aryl methyl sites for hydroxylation is 1. The number of likely N-dealkylation sites (N-methyl/N-ethyl adjacent to an activating group) is 1. The lowest BCUT2D eigenvalue weighted by atomic mass is 10.3. The molecule has 0 unspecified atom stereocenters. The summed E-state index contributed by atoms with van der Waals surface area (Å²) in [5, 5.41) is 8.66. The molecule has 2 aromatic rings. The zero-order valence-corrected chi connectivity index (χ0v) is 15.0. The second-order valence-corrected chi connectivity index (χ2v) is 6.01. The minimum Gasteiger partial charge on any atom is -0.479 e. The summed E-state index contributed by atoms with van der Waals surface area (Å²) in [5.74, 6) is -1.20. The minimum atomic E-state index is -0.541. The van der Waals surface area contributed by atoms with Crippen molar-refractivity contribution in [2.24, 2.45) is 7.05 Å². The third kappa shape index (κ3) is 4.15. The van der Waals surface area contributed by atoms with Crippen molar-refractivity contribution in [2.45, 2.75) is 0 Å². The van der Waals surface area contributed by atoms with Gasteiger partial charge in [0.2, 0.25) is 11.8 Å². The number of aromatic nitrogens is 2. The molecule has 0 bridgehead atoms. The third-order valence-electron chi connectivity index (χ3n) is 3.27. The van der Waals surface area contributed by atoms with Crippen molar-refractivity contribution in [1.29, 1.82) is 0 Å². The Balaban J connectivity index is 2.04. The summed E-state index contributed by atoms with van der Waals surface area (Å²) in [6.45, 7) is -0.199. The van der Waals surface area contributed by atoms with E-state index in [4.69, 9.17) is 4.74 Å². The van der Waals surface area contributed by atoms with E-state index >= 15 is 0 Å². The molecule has 10 heteroatoms. The number of esters is 1. The number of hydrogen-bond acceptors (Lipinski definition) is 7. The molecule has 0 fully saturated rings. The van der Waals surface area contributed by atoms with Gasteiger partial charge >= 0.3 is 5.97 Å². The van der Waals surface area contributed by atoms with Crippen molar-refractivity contribution in [3.8, 4) is 5.88 Å². The van der Waals surface area contributed by atoms with Crippen molar-refractivity contribution in [1.82, 2.24) is 14.7 Å². The van der Waals surface area contributed by atoms with Crippen LogP contribution in [0.1, 0.15) is 20.7 Å². The number of carbonyl (C=O) groups excluding carboxylic acids is 3. The van der Waals surface area contributed by atoms with Crippen LogP contribution in [0.2, 0.25) is 0 Å². The van der Waals surface area contributed by atoms with Gasteiger partial charge in [0.15, 0.2) is 0 Å². The van der Waals surface area contributed by atoms with E-state index in [0.717, 1.165) is 0 Å².